The zero-order chi connectivity index (χ0) is 19.6. The maximum atomic E-state index is 12.3. The molecule has 0 atom stereocenters. The highest BCUT2D eigenvalue weighted by atomic mass is 32.1. The quantitative estimate of drug-likeness (QED) is 0.493. The van der Waals surface area contributed by atoms with Crippen molar-refractivity contribution >= 4 is 18.4 Å². The number of aromatic nitrogens is 3. The number of aryl methyl sites for hydroxylation is 3. The standard InChI is InChI=1S/C19H18F2N4OS/c1-11-8-12(2)16(13(3)9-11)10-22-25-17(23-24-19(25)27)14-4-6-15(7-5-14)26-18(20)21/h4-10,18H,1-3H3,(H,24,27). The molecule has 0 amide bonds. The van der Waals surface area contributed by atoms with Crippen LogP contribution in [0, 0.1) is 25.5 Å². The molecule has 140 valence electrons. The zero-order valence-electron chi connectivity index (χ0n) is 15.0. The van der Waals surface area contributed by atoms with E-state index in [1.165, 1.54) is 22.4 Å². The first-order chi connectivity index (χ1) is 12.8. The van der Waals surface area contributed by atoms with Crippen molar-refractivity contribution in [3.05, 3.63) is 63.4 Å². The third-order valence-corrected chi connectivity index (χ3v) is 4.29. The maximum Gasteiger partial charge on any atom is 0.387 e. The smallest absolute Gasteiger partial charge is 0.387 e. The number of hydrogen-bond acceptors (Lipinski definition) is 4. The fraction of sp³-hybridized carbons (Fsp3) is 0.211. The molecule has 1 heterocycles. The van der Waals surface area contributed by atoms with E-state index >= 15 is 0 Å². The van der Waals surface area contributed by atoms with E-state index in [0.717, 1.165) is 16.7 Å². The van der Waals surface area contributed by atoms with Gasteiger partial charge >= 0.3 is 6.61 Å². The van der Waals surface area contributed by atoms with Crippen molar-refractivity contribution in [2.75, 3.05) is 0 Å². The summed E-state index contributed by atoms with van der Waals surface area (Å²) in [4.78, 5) is 0. The van der Waals surface area contributed by atoms with Gasteiger partial charge in [-0.15, -0.1) is 0 Å². The van der Waals surface area contributed by atoms with Crippen LogP contribution in [0.2, 0.25) is 0 Å². The number of rotatable bonds is 5. The Kier molecular flexibility index (Phi) is 5.46. The van der Waals surface area contributed by atoms with Gasteiger partial charge in [-0.3, -0.25) is 0 Å². The molecule has 8 heteroatoms. The van der Waals surface area contributed by atoms with Gasteiger partial charge < -0.3 is 4.74 Å². The van der Waals surface area contributed by atoms with Gasteiger partial charge in [-0.1, -0.05) is 17.7 Å². The minimum atomic E-state index is -2.86. The van der Waals surface area contributed by atoms with E-state index in [1.807, 2.05) is 20.8 Å². The molecule has 0 aliphatic heterocycles. The number of hydrogen-bond donors (Lipinski definition) is 1. The lowest BCUT2D eigenvalue weighted by Crippen LogP contribution is -2.01. The Balaban J connectivity index is 1.95. The summed E-state index contributed by atoms with van der Waals surface area (Å²) in [6.45, 7) is 3.24. The van der Waals surface area contributed by atoms with Crippen LogP contribution in [0.4, 0.5) is 8.78 Å². The van der Waals surface area contributed by atoms with Crippen LogP contribution in [0.15, 0.2) is 41.5 Å². The lowest BCUT2D eigenvalue weighted by atomic mass is 10.0. The number of H-pyrrole nitrogens is 1. The normalized spacial score (nSPS) is 11.5. The Morgan fingerprint density at radius 1 is 1.15 bits per heavy atom. The minimum Gasteiger partial charge on any atom is -0.435 e. The molecule has 5 nitrogen and oxygen atoms in total. The maximum absolute atomic E-state index is 12.3. The third kappa shape index (κ3) is 4.28. The monoisotopic (exact) mass is 388 g/mol. The Morgan fingerprint density at radius 3 is 2.37 bits per heavy atom. The first kappa shape index (κ1) is 18.9. The Bertz CT molecular complexity index is 1020. The summed E-state index contributed by atoms with van der Waals surface area (Å²) in [6, 6.07) is 10.3. The summed E-state index contributed by atoms with van der Waals surface area (Å²) >= 11 is 5.26. The van der Waals surface area contributed by atoms with Gasteiger partial charge in [0, 0.05) is 11.1 Å². The predicted molar refractivity (Wildman–Crippen MR) is 103 cm³/mol. The van der Waals surface area contributed by atoms with Crippen molar-refractivity contribution in [3.63, 3.8) is 0 Å². The molecular weight excluding hydrogens is 370 g/mol. The Labute approximate surface area is 160 Å². The van der Waals surface area contributed by atoms with E-state index in [1.54, 1.807) is 18.3 Å². The van der Waals surface area contributed by atoms with Gasteiger partial charge in [0.2, 0.25) is 4.77 Å². The summed E-state index contributed by atoms with van der Waals surface area (Å²) in [6.07, 6.45) is 1.74. The van der Waals surface area contributed by atoms with E-state index in [0.29, 0.717) is 16.2 Å². The van der Waals surface area contributed by atoms with Crippen LogP contribution in [0.25, 0.3) is 11.4 Å². The summed E-state index contributed by atoms with van der Waals surface area (Å²) in [5, 5.41) is 11.4. The van der Waals surface area contributed by atoms with Crippen LogP contribution in [0.5, 0.6) is 5.75 Å². The van der Waals surface area contributed by atoms with Gasteiger partial charge in [-0.05, 0) is 68.4 Å². The first-order valence-electron chi connectivity index (χ1n) is 8.20. The molecule has 0 saturated carbocycles. The molecule has 0 aliphatic rings. The summed E-state index contributed by atoms with van der Waals surface area (Å²) in [7, 11) is 0. The second kappa shape index (κ2) is 7.79. The molecule has 3 rings (SSSR count). The molecule has 3 aromatic rings. The second-order valence-corrected chi connectivity index (χ2v) is 6.51. The minimum absolute atomic E-state index is 0.0730. The fourth-order valence-corrected chi connectivity index (χ4v) is 3.06. The van der Waals surface area contributed by atoms with E-state index in [-0.39, 0.29) is 5.75 Å². The number of ether oxygens (including phenoxy) is 1. The van der Waals surface area contributed by atoms with E-state index in [4.69, 9.17) is 12.2 Å². The lowest BCUT2D eigenvalue weighted by molar-refractivity contribution is -0.0498. The molecule has 0 bridgehead atoms. The highest BCUT2D eigenvalue weighted by Crippen LogP contribution is 2.22. The van der Waals surface area contributed by atoms with Crippen LogP contribution < -0.4 is 4.74 Å². The van der Waals surface area contributed by atoms with Crippen LogP contribution in [0.3, 0.4) is 0 Å². The molecule has 0 aliphatic carbocycles. The Hall–Kier alpha value is -2.87. The molecule has 1 aromatic heterocycles. The number of nitrogens with one attached hydrogen (secondary N) is 1. The van der Waals surface area contributed by atoms with Crippen LogP contribution >= 0.6 is 12.2 Å². The largest absolute Gasteiger partial charge is 0.435 e. The van der Waals surface area contributed by atoms with E-state index < -0.39 is 6.61 Å². The first-order valence-corrected chi connectivity index (χ1v) is 8.61. The van der Waals surface area contributed by atoms with Crippen molar-refractivity contribution in [2.24, 2.45) is 5.10 Å². The molecule has 27 heavy (non-hydrogen) atoms. The van der Waals surface area contributed by atoms with Crippen LogP contribution in [0.1, 0.15) is 22.3 Å². The fourth-order valence-electron chi connectivity index (χ4n) is 2.88. The SMILES string of the molecule is Cc1cc(C)c(C=Nn2c(-c3ccc(OC(F)F)cc3)n[nH]c2=S)c(C)c1. The molecule has 0 saturated heterocycles. The second-order valence-electron chi connectivity index (χ2n) is 6.12. The summed E-state index contributed by atoms with van der Waals surface area (Å²) in [5.74, 6) is 0.547. The van der Waals surface area contributed by atoms with Gasteiger partial charge in [0.05, 0.1) is 6.21 Å². The molecule has 0 radical (unpaired) electrons. The molecule has 0 spiro atoms. The highest BCUT2D eigenvalue weighted by Gasteiger charge is 2.10. The van der Waals surface area contributed by atoms with Gasteiger partial charge in [-0.25, -0.2) is 5.10 Å². The third-order valence-electron chi connectivity index (χ3n) is 4.03. The van der Waals surface area contributed by atoms with Crippen molar-refractivity contribution < 1.29 is 13.5 Å². The zero-order valence-corrected chi connectivity index (χ0v) is 15.8. The molecule has 0 unspecified atom stereocenters. The van der Waals surface area contributed by atoms with Crippen LogP contribution in [-0.4, -0.2) is 27.7 Å². The summed E-state index contributed by atoms with van der Waals surface area (Å²) in [5.41, 5.74) is 5.09. The number of benzene rings is 2. The van der Waals surface area contributed by atoms with E-state index in [9.17, 15) is 8.78 Å². The van der Waals surface area contributed by atoms with Crippen molar-refractivity contribution in [3.8, 4) is 17.1 Å². The average Bonchev–Trinajstić information content (AvgIpc) is 2.95. The van der Waals surface area contributed by atoms with Gasteiger partial charge in [0.1, 0.15) is 5.75 Å². The van der Waals surface area contributed by atoms with E-state index in [2.05, 4.69) is 32.2 Å². The van der Waals surface area contributed by atoms with Crippen LogP contribution in [-0.2, 0) is 0 Å². The summed E-state index contributed by atoms with van der Waals surface area (Å²) < 4.78 is 30.8. The van der Waals surface area contributed by atoms with Crippen molar-refractivity contribution in [2.45, 2.75) is 27.4 Å². The highest BCUT2D eigenvalue weighted by molar-refractivity contribution is 7.71. The number of aromatic amines is 1. The van der Waals surface area contributed by atoms with Crippen molar-refractivity contribution in [1.29, 1.82) is 0 Å². The van der Waals surface area contributed by atoms with Gasteiger partial charge in [-0.2, -0.15) is 23.7 Å². The molecule has 0 fully saturated rings. The molecule has 2 aromatic carbocycles. The number of alkyl halides is 2. The molecular formula is C19H18F2N4OS. The average molecular weight is 388 g/mol. The lowest BCUT2D eigenvalue weighted by Gasteiger charge is -2.07. The number of nitrogens with zero attached hydrogens (tertiary/aromatic N) is 3. The molecule has 1 N–H and O–H groups in total. The van der Waals surface area contributed by atoms with Gasteiger partial charge in [0.25, 0.3) is 0 Å². The number of halogens is 2. The predicted octanol–water partition coefficient (Wildman–Crippen LogP) is 5.02. The Morgan fingerprint density at radius 2 is 1.78 bits per heavy atom. The van der Waals surface area contributed by atoms with Gasteiger partial charge in [0.15, 0.2) is 5.82 Å². The van der Waals surface area contributed by atoms with Crippen molar-refractivity contribution in [1.82, 2.24) is 14.9 Å². The topological polar surface area (TPSA) is 55.2 Å².